The number of amides is 1. The normalized spacial score (nSPS) is 11.0. The Morgan fingerprint density at radius 2 is 2.03 bits per heavy atom. The van der Waals surface area contributed by atoms with E-state index in [0.717, 1.165) is 17.5 Å². The fourth-order valence-corrected chi connectivity index (χ4v) is 3.37. The van der Waals surface area contributed by atoms with Crippen molar-refractivity contribution in [1.82, 2.24) is 19.3 Å². The molecule has 32 heavy (non-hydrogen) atoms. The summed E-state index contributed by atoms with van der Waals surface area (Å²) in [6.07, 6.45) is 2.36. The summed E-state index contributed by atoms with van der Waals surface area (Å²) in [5, 5.41) is 18.1. The van der Waals surface area contributed by atoms with Gasteiger partial charge in [-0.05, 0) is 37.6 Å². The lowest BCUT2D eigenvalue weighted by Gasteiger charge is -2.09. The van der Waals surface area contributed by atoms with Gasteiger partial charge < -0.3 is 9.30 Å². The molecule has 0 saturated carbocycles. The Hall–Kier alpha value is -4.05. The number of carbonyl (C=O) groups excluding carboxylic acids is 1. The number of hydrogen-bond donors (Lipinski definition) is 1. The van der Waals surface area contributed by atoms with Crippen molar-refractivity contribution in [1.29, 1.82) is 0 Å². The van der Waals surface area contributed by atoms with E-state index in [1.165, 1.54) is 16.8 Å². The number of aryl methyl sites for hydroxylation is 1. The number of hydrogen-bond acceptors (Lipinski definition) is 6. The molecule has 10 heteroatoms. The van der Waals surface area contributed by atoms with Gasteiger partial charge in [0.1, 0.15) is 0 Å². The standard InChI is InChI=1S/C22H22N6O4/c1-2-32-14-6-12-26-20-10-4-3-9-18(20)23-22(26)24-21(29)19-11-13-27(25-19)16-7-5-8-17(15-16)28(30)31/h3-5,7-11,13,15H,2,6,12,14H2,1H3,(H,23,24,29). The summed E-state index contributed by atoms with van der Waals surface area (Å²) in [4.78, 5) is 28.0. The first-order chi connectivity index (χ1) is 15.6. The number of benzene rings is 2. The molecule has 0 aliphatic rings. The molecule has 0 aliphatic carbocycles. The summed E-state index contributed by atoms with van der Waals surface area (Å²) < 4.78 is 8.80. The van der Waals surface area contributed by atoms with Crippen molar-refractivity contribution in [2.24, 2.45) is 0 Å². The van der Waals surface area contributed by atoms with Crippen LogP contribution in [-0.2, 0) is 11.3 Å². The predicted molar refractivity (Wildman–Crippen MR) is 119 cm³/mol. The van der Waals surface area contributed by atoms with E-state index in [1.807, 2.05) is 35.8 Å². The Morgan fingerprint density at radius 3 is 2.84 bits per heavy atom. The zero-order chi connectivity index (χ0) is 22.5. The van der Waals surface area contributed by atoms with E-state index in [1.54, 1.807) is 24.4 Å². The predicted octanol–water partition coefficient (Wildman–Crippen LogP) is 3.81. The maximum atomic E-state index is 12.9. The highest BCUT2D eigenvalue weighted by molar-refractivity contribution is 6.02. The second-order valence-electron chi connectivity index (χ2n) is 7.00. The van der Waals surface area contributed by atoms with Crippen LogP contribution in [0.3, 0.4) is 0 Å². The summed E-state index contributed by atoms with van der Waals surface area (Å²) in [5.41, 5.74) is 2.30. The first-order valence-corrected chi connectivity index (χ1v) is 10.2. The fraction of sp³-hybridized carbons (Fsp3) is 0.227. The van der Waals surface area contributed by atoms with E-state index in [-0.39, 0.29) is 11.4 Å². The third-order valence-corrected chi connectivity index (χ3v) is 4.88. The maximum Gasteiger partial charge on any atom is 0.278 e. The molecule has 2 aromatic heterocycles. The number of nitro groups is 1. The van der Waals surface area contributed by atoms with Crippen molar-refractivity contribution in [3.05, 3.63) is 76.6 Å². The fourth-order valence-electron chi connectivity index (χ4n) is 3.37. The lowest BCUT2D eigenvalue weighted by molar-refractivity contribution is -0.384. The maximum absolute atomic E-state index is 12.9. The van der Waals surface area contributed by atoms with Crippen LogP contribution in [0.2, 0.25) is 0 Å². The number of nitrogens with one attached hydrogen (secondary N) is 1. The molecule has 0 saturated heterocycles. The zero-order valence-electron chi connectivity index (χ0n) is 17.5. The molecule has 4 rings (SSSR count). The van der Waals surface area contributed by atoms with E-state index >= 15 is 0 Å². The lowest BCUT2D eigenvalue weighted by atomic mass is 10.3. The molecule has 0 bridgehead atoms. The number of nitrogens with zero attached hydrogens (tertiary/aromatic N) is 5. The molecule has 1 N–H and O–H groups in total. The molecule has 0 atom stereocenters. The minimum Gasteiger partial charge on any atom is -0.382 e. The number of rotatable bonds is 9. The van der Waals surface area contributed by atoms with E-state index in [9.17, 15) is 14.9 Å². The van der Waals surface area contributed by atoms with Gasteiger partial charge in [0.2, 0.25) is 5.95 Å². The van der Waals surface area contributed by atoms with Crippen LogP contribution in [0.4, 0.5) is 11.6 Å². The van der Waals surface area contributed by atoms with Gasteiger partial charge in [0.05, 0.1) is 21.6 Å². The number of ether oxygens (including phenoxy) is 1. The van der Waals surface area contributed by atoms with Gasteiger partial charge in [-0.15, -0.1) is 0 Å². The molecule has 4 aromatic rings. The SMILES string of the molecule is CCOCCCn1c(NC(=O)c2ccn(-c3cccc([N+](=O)[O-])c3)n2)nc2ccccc21. The Kier molecular flexibility index (Phi) is 6.22. The monoisotopic (exact) mass is 434 g/mol. The van der Waals surface area contributed by atoms with Crippen LogP contribution < -0.4 is 5.32 Å². The summed E-state index contributed by atoms with van der Waals surface area (Å²) in [7, 11) is 0. The summed E-state index contributed by atoms with van der Waals surface area (Å²) in [6.45, 7) is 3.86. The molecule has 0 spiro atoms. The molecule has 0 aliphatic heterocycles. The summed E-state index contributed by atoms with van der Waals surface area (Å²) in [6, 6.07) is 15.3. The Labute approximate surface area is 183 Å². The molecule has 2 heterocycles. The van der Waals surface area contributed by atoms with Gasteiger partial charge in [0, 0.05) is 38.1 Å². The number of non-ortho nitro benzene ring substituents is 1. The van der Waals surface area contributed by atoms with E-state index in [2.05, 4.69) is 15.4 Å². The number of imidazole rings is 1. The molecule has 0 fully saturated rings. The van der Waals surface area contributed by atoms with Crippen molar-refractivity contribution in [2.45, 2.75) is 19.9 Å². The van der Waals surface area contributed by atoms with Gasteiger partial charge in [-0.1, -0.05) is 18.2 Å². The first kappa shape index (κ1) is 21.2. The summed E-state index contributed by atoms with van der Waals surface area (Å²) in [5.74, 6) is 0.00754. The molecular weight excluding hydrogens is 412 g/mol. The van der Waals surface area contributed by atoms with Crippen molar-refractivity contribution in [3.8, 4) is 5.69 Å². The number of anilines is 1. The molecule has 1 amide bonds. The summed E-state index contributed by atoms with van der Waals surface area (Å²) >= 11 is 0. The van der Waals surface area contributed by atoms with Crippen LogP contribution in [0.25, 0.3) is 16.7 Å². The van der Waals surface area contributed by atoms with E-state index in [4.69, 9.17) is 4.74 Å². The lowest BCUT2D eigenvalue weighted by Crippen LogP contribution is -2.17. The third-order valence-electron chi connectivity index (χ3n) is 4.88. The van der Waals surface area contributed by atoms with Crippen LogP contribution in [0.1, 0.15) is 23.8 Å². The number of aromatic nitrogens is 4. The number of para-hydroxylation sites is 2. The van der Waals surface area contributed by atoms with Gasteiger partial charge in [0.25, 0.3) is 11.6 Å². The van der Waals surface area contributed by atoms with Gasteiger partial charge in [-0.25, -0.2) is 9.67 Å². The molecule has 10 nitrogen and oxygen atoms in total. The van der Waals surface area contributed by atoms with Gasteiger partial charge in [-0.3, -0.25) is 20.2 Å². The van der Waals surface area contributed by atoms with E-state index < -0.39 is 10.8 Å². The number of carbonyl (C=O) groups is 1. The second kappa shape index (κ2) is 9.40. The Bertz CT molecular complexity index is 1260. The topological polar surface area (TPSA) is 117 Å². The molecule has 0 unspecified atom stereocenters. The molecule has 0 radical (unpaired) electrons. The van der Waals surface area contributed by atoms with Gasteiger partial charge >= 0.3 is 0 Å². The van der Waals surface area contributed by atoms with Gasteiger partial charge in [0.15, 0.2) is 5.69 Å². The van der Waals surface area contributed by atoms with Crippen LogP contribution in [0.5, 0.6) is 0 Å². The molecular formula is C22H22N6O4. The van der Waals surface area contributed by atoms with Crippen molar-refractivity contribution in [2.75, 3.05) is 18.5 Å². The average Bonchev–Trinajstić information content (AvgIpc) is 3.42. The highest BCUT2D eigenvalue weighted by atomic mass is 16.6. The van der Waals surface area contributed by atoms with Crippen LogP contribution in [0.15, 0.2) is 60.8 Å². The second-order valence-corrected chi connectivity index (χ2v) is 7.00. The third kappa shape index (κ3) is 4.49. The molecule has 2 aromatic carbocycles. The number of fused-ring (bicyclic) bond motifs is 1. The zero-order valence-corrected chi connectivity index (χ0v) is 17.5. The average molecular weight is 434 g/mol. The number of nitro benzene ring substituents is 1. The van der Waals surface area contributed by atoms with Crippen LogP contribution >= 0.6 is 0 Å². The van der Waals surface area contributed by atoms with E-state index in [0.29, 0.717) is 31.4 Å². The van der Waals surface area contributed by atoms with Crippen molar-refractivity contribution in [3.63, 3.8) is 0 Å². The molecule has 164 valence electrons. The largest absolute Gasteiger partial charge is 0.382 e. The van der Waals surface area contributed by atoms with Crippen molar-refractivity contribution >= 4 is 28.6 Å². The van der Waals surface area contributed by atoms with Crippen molar-refractivity contribution < 1.29 is 14.5 Å². The Morgan fingerprint density at radius 1 is 1.19 bits per heavy atom. The van der Waals surface area contributed by atoms with Crippen LogP contribution in [0, 0.1) is 10.1 Å². The highest BCUT2D eigenvalue weighted by Gasteiger charge is 2.17. The highest BCUT2D eigenvalue weighted by Crippen LogP contribution is 2.21. The van der Waals surface area contributed by atoms with Gasteiger partial charge in [-0.2, -0.15) is 5.10 Å². The quantitative estimate of drug-likeness (QED) is 0.243. The first-order valence-electron chi connectivity index (χ1n) is 10.2. The minimum absolute atomic E-state index is 0.0511. The Balaban J connectivity index is 1.55. The minimum atomic E-state index is -0.476. The van der Waals surface area contributed by atoms with Crippen LogP contribution in [-0.4, -0.2) is 43.4 Å². The smallest absolute Gasteiger partial charge is 0.278 e.